The summed E-state index contributed by atoms with van der Waals surface area (Å²) >= 11 is 7.31. The van der Waals surface area contributed by atoms with Gasteiger partial charge in [0.25, 0.3) is 0 Å². The van der Waals surface area contributed by atoms with Gasteiger partial charge >= 0.3 is 170 Å². The molecule has 3 nitrogen and oxygen atoms in total. The normalized spacial score (nSPS) is 17.7. The molecule has 0 radical (unpaired) electrons. The Balaban J connectivity index is 2.08. The summed E-state index contributed by atoms with van der Waals surface area (Å²) in [7, 11) is -2.20. The molecule has 1 aliphatic carbocycles. The molecule has 1 aromatic heterocycles. The summed E-state index contributed by atoms with van der Waals surface area (Å²) in [5.74, 6) is 0.287. The third-order valence-corrected chi connectivity index (χ3v) is 12.3. The van der Waals surface area contributed by atoms with Gasteiger partial charge in [-0.1, -0.05) is 0 Å². The van der Waals surface area contributed by atoms with Crippen LogP contribution in [-0.2, 0) is 4.79 Å². The fourth-order valence-electron chi connectivity index (χ4n) is 3.43. The number of benzene rings is 1. The number of nitrogens with zero attached hydrogens (tertiary/aromatic N) is 1. The van der Waals surface area contributed by atoms with E-state index in [1.807, 2.05) is 18.2 Å². The van der Waals surface area contributed by atoms with Crippen LogP contribution >= 0.6 is 31.9 Å². The zero-order valence-corrected chi connectivity index (χ0v) is 19.3. The Morgan fingerprint density at radius 1 is 1.20 bits per heavy atom. The number of phenols is 1. The fraction of sp³-hybridized carbons (Fsp3) is 0.111. The molecule has 4 rings (SSSR count). The average Bonchev–Trinajstić information content (AvgIpc) is 2.87. The molecule has 0 saturated carbocycles. The number of fused-ring (bicyclic) bond motifs is 2. The van der Waals surface area contributed by atoms with Crippen molar-refractivity contribution in [3.05, 3.63) is 49.4 Å². The summed E-state index contributed by atoms with van der Waals surface area (Å²) in [5, 5.41) is 12.8. The van der Waals surface area contributed by atoms with E-state index in [1.165, 1.54) is 0 Å². The molecule has 2 aromatic rings. The molecule has 2 aliphatic rings. The quantitative estimate of drug-likeness (QED) is 0.433. The number of rotatable bonds is 1. The molecule has 0 saturated heterocycles. The van der Waals surface area contributed by atoms with Crippen molar-refractivity contribution in [1.82, 2.24) is 0 Å². The van der Waals surface area contributed by atoms with Gasteiger partial charge in [-0.15, -0.1) is 0 Å². The Morgan fingerprint density at radius 3 is 2.64 bits per heavy atom. The molecule has 0 atom stereocenters. The van der Waals surface area contributed by atoms with Crippen LogP contribution in [0.4, 0.5) is 5.69 Å². The Bertz CT molecular complexity index is 1030. The minimum atomic E-state index is -2.20. The van der Waals surface area contributed by atoms with Crippen molar-refractivity contribution in [2.45, 2.75) is 13.1 Å². The first-order chi connectivity index (χ1) is 11.8. The monoisotopic (exact) mass is 541 g/mol. The van der Waals surface area contributed by atoms with Gasteiger partial charge in [-0.05, 0) is 0 Å². The molecule has 25 heavy (non-hydrogen) atoms. The van der Waals surface area contributed by atoms with Crippen molar-refractivity contribution in [1.29, 1.82) is 0 Å². The van der Waals surface area contributed by atoms with Crippen LogP contribution in [-0.4, -0.2) is 39.2 Å². The first-order valence-electron chi connectivity index (χ1n) is 7.64. The van der Waals surface area contributed by atoms with Gasteiger partial charge < -0.3 is 0 Å². The van der Waals surface area contributed by atoms with E-state index in [4.69, 9.17) is 4.99 Å². The first-order valence-corrected chi connectivity index (χ1v) is 13.9. The van der Waals surface area contributed by atoms with E-state index in [2.05, 4.69) is 45.0 Å². The van der Waals surface area contributed by atoms with Crippen molar-refractivity contribution in [2.24, 2.45) is 4.99 Å². The van der Waals surface area contributed by atoms with Crippen LogP contribution in [0.3, 0.4) is 0 Å². The molecule has 0 spiro atoms. The van der Waals surface area contributed by atoms with Gasteiger partial charge in [-0.25, -0.2) is 0 Å². The van der Waals surface area contributed by atoms with E-state index in [1.54, 1.807) is 18.2 Å². The second-order valence-electron chi connectivity index (χ2n) is 6.50. The molecule has 1 aromatic carbocycles. The number of aliphatic imine (C=N–C) groups is 1. The third kappa shape index (κ3) is 2.73. The van der Waals surface area contributed by atoms with Crippen LogP contribution in [0, 0.1) is 0 Å². The van der Waals surface area contributed by atoms with Crippen molar-refractivity contribution in [2.75, 3.05) is 0 Å². The standard InChI is InChI=1S/C18H13Br2NO2SeSi/c1-25(2)14-7-9(22)3-4-11(14)21-12-5-6-13(23)16(18(12)25)17-10(19)8-15(20)24-17/h3-8,23H,1-2H3. The minimum absolute atomic E-state index is 0.00886. The van der Waals surface area contributed by atoms with Gasteiger partial charge in [0.05, 0.1) is 0 Å². The number of carbonyl (C=O) groups is 1. The Kier molecular flexibility index (Phi) is 4.20. The summed E-state index contributed by atoms with van der Waals surface area (Å²) in [6, 6.07) is 5.66. The van der Waals surface area contributed by atoms with E-state index >= 15 is 0 Å². The van der Waals surface area contributed by atoms with Gasteiger partial charge in [0.2, 0.25) is 0 Å². The van der Waals surface area contributed by atoms with Crippen molar-refractivity contribution in [3.63, 3.8) is 0 Å². The maximum absolute atomic E-state index is 11.9. The predicted octanol–water partition coefficient (Wildman–Crippen LogP) is 4.25. The summed E-state index contributed by atoms with van der Waals surface area (Å²) in [4.78, 5) is 16.7. The number of carbonyl (C=O) groups excluding carboxylic acids is 1. The number of hydrogen-bond acceptors (Lipinski definition) is 3. The Morgan fingerprint density at radius 2 is 1.96 bits per heavy atom. The van der Waals surface area contributed by atoms with Gasteiger partial charge in [-0.3, -0.25) is 0 Å². The molecular formula is C18H13Br2NO2SeSi. The molecule has 1 N–H and O–H groups in total. The molecule has 0 bridgehead atoms. The summed E-state index contributed by atoms with van der Waals surface area (Å²) in [6.07, 6.45) is 5.10. The second-order valence-corrected chi connectivity index (χ2v) is 15.9. The third-order valence-electron chi connectivity index (χ3n) is 4.55. The molecule has 2 heterocycles. The number of phenolic OH excluding ortho intramolecular Hbond substituents is 1. The summed E-state index contributed by atoms with van der Waals surface area (Å²) < 4.78 is 3.25. The van der Waals surface area contributed by atoms with Crippen LogP contribution in [0.25, 0.3) is 10.0 Å². The average molecular weight is 542 g/mol. The van der Waals surface area contributed by atoms with Gasteiger partial charge in [0.15, 0.2) is 0 Å². The zero-order chi connectivity index (χ0) is 17.9. The van der Waals surface area contributed by atoms with Crippen molar-refractivity contribution < 1.29 is 9.90 Å². The molecule has 0 unspecified atom stereocenters. The number of ketones is 1. The summed E-state index contributed by atoms with van der Waals surface area (Å²) in [5.41, 5.74) is 2.67. The van der Waals surface area contributed by atoms with Crippen LogP contribution in [0.15, 0.2) is 54.4 Å². The summed E-state index contributed by atoms with van der Waals surface area (Å²) in [6.45, 7) is 4.45. The van der Waals surface area contributed by atoms with Gasteiger partial charge in [-0.2, -0.15) is 0 Å². The molecule has 0 amide bonds. The first kappa shape index (κ1) is 17.4. The Labute approximate surface area is 169 Å². The number of allylic oxidation sites excluding steroid dienone is 4. The van der Waals surface area contributed by atoms with E-state index in [9.17, 15) is 9.90 Å². The number of halogens is 2. The Hall–Kier alpha value is -0.984. The predicted molar refractivity (Wildman–Crippen MR) is 112 cm³/mol. The SMILES string of the molecule is C[Si]1(C)C2=CC(=O)C=CC2=Nc2ccc(O)c(-c3[se]c(Br)cc3Br)c21. The van der Waals surface area contributed by atoms with Crippen LogP contribution in [0.2, 0.25) is 13.1 Å². The number of aromatic hydroxyl groups is 1. The van der Waals surface area contributed by atoms with Crippen LogP contribution in [0.1, 0.15) is 0 Å². The van der Waals surface area contributed by atoms with Crippen molar-refractivity contribution >= 4 is 76.8 Å². The zero-order valence-electron chi connectivity index (χ0n) is 13.4. The van der Waals surface area contributed by atoms with E-state index in [0.717, 1.165) is 39.6 Å². The molecule has 1 aliphatic heterocycles. The molecule has 7 heteroatoms. The number of hydrogen-bond donors (Lipinski definition) is 1. The molecule has 126 valence electrons. The topological polar surface area (TPSA) is 49.7 Å². The van der Waals surface area contributed by atoms with Gasteiger partial charge in [0.1, 0.15) is 0 Å². The van der Waals surface area contributed by atoms with Crippen LogP contribution < -0.4 is 5.19 Å². The van der Waals surface area contributed by atoms with E-state index < -0.39 is 8.07 Å². The fourth-order valence-corrected chi connectivity index (χ4v) is 11.2. The molecular weight excluding hydrogens is 529 g/mol. The maximum atomic E-state index is 11.9. The second kappa shape index (κ2) is 6.03. The van der Waals surface area contributed by atoms with Crippen LogP contribution in [0.5, 0.6) is 5.75 Å². The van der Waals surface area contributed by atoms with Gasteiger partial charge in [0, 0.05) is 0 Å². The van der Waals surface area contributed by atoms with E-state index in [-0.39, 0.29) is 26.0 Å². The molecule has 0 fully saturated rings. The van der Waals surface area contributed by atoms with E-state index in [0.29, 0.717) is 0 Å². The van der Waals surface area contributed by atoms with Crippen molar-refractivity contribution in [3.8, 4) is 15.8 Å².